The Morgan fingerprint density at radius 3 is 1.71 bits per heavy atom. The first-order valence-corrected chi connectivity index (χ1v) is 4.12. The van der Waals surface area contributed by atoms with Crippen LogP contribution in [0.5, 0.6) is 0 Å². The molecule has 0 fully saturated rings. The molecule has 74 valence electrons. The van der Waals surface area contributed by atoms with Crippen molar-refractivity contribution >= 4 is 81.2 Å². The predicted molar refractivity (Wildman–Crippen MR) is 49.0 cm³/mol. The molecule has 0 aromatic carbocycles. The molecule has 0 rings (SSSR count). The van der Waals surface area contributed by atoms with E-state index >= 15 is 0 Å². The number of hydrogen-bond acceptors (Lipinski definition) is 5. The fourth-order valence-corrected chi connectivity index (χ4v) is 0.901. The summed E-state index contributed by atoms with van der Waals surface area (Å²) in [5.41, 5.74) is -2.55. The molecule has 1 unspecified atom stereocenters. The summed E-state index contributed by atoms with van der Waals surface area (Å²) in [4.78, 5) is 20.2. The second-order valence-corrected chi connectivity index (χ2v) is 3.25. The second kappa shape index (κ2) is 8.05. The fraction of sp³-hybridized carbons (Fsp3) is 0.500. The van der Waals surface area contributed by atoms with Crippen molar-refractivity contribution in [2.45, 2.75) is 12.4 Å². The first-order valence-electron chi connectivity index (χ1n) is 2.61. The van der Waals surface area contributed by atoms with E-state index in [-0.39, 0.29) is 59.1 Å². The monoisotopic (exact) mass is 246 g/mol. The van der Waals surface area contributed by atoms with Gasteiger partial charge in [0.15, 0.2) is 0 Å². The fourth-order valence-electron chi connectivity index (χ4n) is 0.389. The van der Waals surface area contributed by atoms with Gasteiger partial charge in [0, 0.05) is 6.92 Å². The van der Waals surface area contributed by atoms with E-state index in [2.05, 4.69) is 4.74 Å². The van der Waals surface area contributed by atoms with Crippen LogP contribution in [-0.2, 0) is 24.4 Å². The summed E-state index contributed by atoms with van der Waals surface area (Å²) in [6, 6.07) is 0. The Hall–Kier alpha value is 0.850. The van der Waals surface area contributed by atoms with Gasteiger partial charge >= 0.3 is 86.6 Å². The molecule has 0 amide bonds. The molecule has 10 heteroatoms. The molecule has 0 aliphatic heterocycles. The van der Waals surface area contributed by atoms with Crippen molar-refractivity contribution in [2.24, 2.45) is 0 Å². The van der Waals surface area contributed by atoms with Gasteiger partial charge in [-0.25, -0.2) is 4.79 Å². The molecule has 0 aromatic rings. The number of ether oxygens (including phenoxy) is 1. The van der Waals surface area contributed by atoms with E-state index in [1.54, 1.807) is 0 Å². The van der Waals surface area contributed by atoms with E-state index in [1.165, 1.54) is 0 Å². The van der Waals surface area contributed by atoms with Crippen molar-refractivity contribution < 1.29 is 32.4 Å². The molecule has 0 aliphatic rings. The van der Waals surface area contributed by atoms with Crippen molar-refractivity contribution in [3.05, 3.63) is 0 Å². The Morgan fingerprint density at radius 2 is 1.64 bits per heavy atom. The van der Waals surface area contributed by atoms with Crippen LogP contribution in [0.25, 0.3) is 0 Å². The van der Waals surface area contributed by atoms with E-state index in [9.17, 15) is 18.0 Å². The van der Waals surface area contributed by atoms with Gasteiger partial charge < -0.3 is 9.84 Å². The molecule has 0 radical (unpaired) electrons. The summed E-state index contributed by atoms with van der Waals surface area (Å²) in [7, 11) is -4.90. The Balaban J connectivity index is -0.000000605. The number of carbonyl (C=O) groups is 2. The third-order valence-corrected chi connectivity index (χ3v) is 1.58. The number of rotatable bonds is 3. The van der Waals surface area contributed by atoms with Crippen LogP contribution < -0.4 is 0 Å². The molecule has 0 aliphatic carbocycles. The second-order valence-electron chi connectivity index (χ2n) is 1.79. The van der Waals surface area contributed by atoms with Gasteiger partial charge in [-0.3, -0.25) is 9.35 Å². The molecule has 0 bridgehead atoms. The normalized spacial score (nSPS) is 11.6. The summed E-state index contributed by atoms with van der Waals surface area (Å²) in [5.74, 6) is -3.06. The van der Waals surface area contributed by atoms with Gasteiger partial charge in [-0.1, -0.05) is 0 Å². The zero-order chi connectivity index (χ0) is 9.94. The summed E-state index contributed by atoms with van der Waals surface area (Å²) >= 11 is 0. The van der Waals surface area contributed by atoms with Gasteiger partial charge in [-0.05, 0) is 0 Å². The molecule has 0 saturated heterocycles. The van der Waals surface area contributed by atoms with Crippen molar-refractivity contribution in [3.63, 3.8) is 0 Å². The van der Waals surface area contributed by atoms with Gasteiger partial charge in [0.1, 0.15) is 0 Å². The maximum atomic E-state index is 10.2. The Labute approximate surface area is 125 Å². The Kier molecular flexibility index (Phi) is 11.7. The average Bonchev–Trinajstić information content (AvgIpc) is 1.79. The minimum absolute atomic E-state index is 0. The summed E-state index contributed by atoms with van der Waals surface area (Å²) in [6.45, 7) is 0.821. The van der Waals surface area contributed by atoms with E-state index in [1.807, 2.05) is 0 Å². The molecule has 2 N–H and O–H groups in total. The van der Waals surface area contributed by atoms with Crippen molar-refractivity contribution in [1.29, 1.82) is 0 Å². The van der Waals surface area contributed by atoms with Crippen molar-refractivity contribution in [3.8, 4) is 0 Å². The first-order chi connectivity index (χ1) is 5.25. The first kappa shape index (κ1) is 20.3. The zero-order valence-corrected chi connectivity index (χ0v) is 6.74. The molecule has 0 saturated carbocycles. The number of hydrogen-bond donors (Lipinski definition) is 2. The molecule has 0 spiro atoms. The van der Waals surface area contributed by atoms with E-state index < -0.39 is 27.5 Å². The summed E-state index contributed by atoms with van der Waals surface area (Å²) in [5, 5.41) is 8.14. The third-order valence-electron chi connectivity index (χ3n) is 0.745. The zero-order valence-electron chi connectivity index (χ0n) is 5.92. The van der Waals surface area contributed by atoms with Gasteiger partial charge in [0.05, 0.1) is 0 Å². The third kappa shape index (κ3) is 8.18. The molecule has 0 aromatic heterocycles. The molecule has 1 atom stereocenters. The van der Waals surface area contributed by atoms with Gasteiger partial charge in [-0.15, -0.1) is 0 Å². The van der Waals surface area contributed by atoms with Crippen LogP contribution >= 0.6 is 0 Å². The molecular formula is C4H8Na2O7S. The van der Waals surface area contributed by atoms with Crippen LogP contribution in [0, 0.1) is 0 Å². The average molecular weight is 246 g/mol. The summed E-state index contributed by atoms with van der Waals surface area (Å²) in [6.07, 6.45) is 0. The minimum atomic E-state index is -4.90. The van der Waals surface area contributed by atoms with Crippen LogP contribution in [0.4, 0.5) is 0 Å². The van der Waals surface area contributed by atoms with Crippen LogP contribution in [0.1, 0.15) is 6.92 Å². The van der Waals surface area contributed by atoms with Crippen LogP contribution in [0.2, 0.25) is 0 Å². The summed E-state index contributed by atoms with van der Waals surface area (Å²) < 4.78 is 32.4. The molecule has 14 heavy (non-hydrogen) atoms. The number of esters is 1. The van der Waals surface area contributed by atoms with Crippen molar-refractivity contribution in [2.75, 3.05) is 0 Å². The quantitative estimate of drug-likeness (QED) is 0.322. The number of carbonyl (C=O) groups excluding carboxylic acids is 1. The van der Waals surface area contributed by atoms with E-state index in [0.717, 1.165) is 6.92 Å². The predicted octanol–water partition coefficient (Wildman–Crippen LogP) is -2.45. The molecular weight excluding hydrogens is 238 g/mol. The topological polar surface area (TPSA) is 118 Å². The molecule has 0 heterocycles. The van der Waals surface area contributed by atoms with Crippen molar-refractivity contribution in [1.82, 2.24) is 0 Å². The van der Waals surface area contributed by atoms with Crippen LogP contribution in [0.15, 0.2) is 0 Å². The number of aliphatic carboxylic acids is 1. The van der Waals surface area contributed by atoms with Crippen LogP contribution in [-0.4, -0.2) is 94.6 Å². The SMILES string of the molecule is CC(=O)OC(C(=O)O)S(=O)(=O)O.[NaH].[NaH]. The number of carboxylic acid groups (broad SMARTS) is 1. The Morgan fingerprint density at radius 1 is 1.29 bits per heavy atom. The number of carboxylic acids is 1. The van der Waals surface area contributed by atoms with Gasteiger partial charge in [-0.2, -0.15) is 8.42 Å². The van der Waals surface area contributed by atoms with E-state index in [0.29, 0.717) is 0 Å². The van der Waals surface area contributed by atoms with E-state index in [4.69, 9.17) is 9.66 Å². The molecule has 7 nitrogen and oxygen atoms in total. The van der Waals surface area contributed by atoms with Gasteiger partial charge in [0.25, 0.3) is 0 Å². The van der Waals surface area contributed by atoms with Crippen LogP contribution in [0.3, 0.4) is 0 Å². The Bertz CT molecular complexity index is 297. The van der Waals surface area contributed by atoms with Gasteiger partial charge in [0.2, 0.25) is 0 Å². The standard InChI is InChI=1S/C4H6O7S.2Na.2H/c1-2(5)11-4(3(6)7)12(8,9)10;;;;/h4H,1H3,(H,6,7)(H,8,9,10);;;;. The maximum absolute atomic E-state index is 10.2.